The molecule has 2 heterocycles. The molecule has 0 spiro atoms. The van der Waals surface area contributed by atoms with E-state index < -0.39 is 0 Å². The first-order valence-electron chi connectivity index (χ1n) is 4.84. The van der Waals surface area contributed by atoms with Crippen LogP contribution in [0.5, 0.6) is 0 Å². The van der Waals surface area contributed by atoms with E-state index in [0.717, 1.165) is 0 Å². The van der Waals surface area contributed by atoms with E-state index in [1.165, 1.54) is 11.3 Å². The quantitative estimate of drug-likeness (QED) is 0.780. The van der Waals surface area contributed by atoms with E-state index >= 15 is 0 Å². The minimum atomic E-state index is -0.315. The average molecular weight is 236 g/mol. The maximum atomic E-state index is 11.8. The number of aromatic nitrogens is 3. The highest BCUT2D eigenvalue weighted by Gasteiger charge is 2.12. The Morgan fingerprint density at radius 1 is 1.56 bits per heavy atom. The van der Waals surface area contributed by atoms with Crippen molar-refractivity contribution in [1.29, 1.82) is 0 Å². The first-order chi connectivity index (χ1) is 7.68. The highest BCUT2D eigenvalue weighted by Crippen LogP contribution is 2.06. The third-order valence-electron chi connectivity index (χ3n) is 2.29. The smallest absolute Gasteiger partial charge is 0.271 e. The van der Waals surface area contributed by atoms with Crippen molar-refractivity contribution in [2.24, 2.45) is 12.0 Å². The summed E-state index contributed by atoms with van der Waals surface area (Å²) in [4.78, 5) is 20.5. The van der Waals surface area contributed by atoms with Gasteiger partial charge >= 0.3 is 0 Å². The monoisotopic (exact) mass is 236 g/mol. The number of thiazole rings is 1. The Bertz CT molecular complexity index is 537. The number of amides is 1. The van der Waals surface area contributed by atoms with Crippen LogP contribution in [0.1, 0.15) is 13.0 Å². The third-order valence-corrected chi connectivity index (χ3v) is 3.14. The van der Waals surface area contributed by atoms with Gasteiger partial charge < -0.3 is 9.13 Å². The highest BCUT2D eigenvalue weighted by atomic mass is 32.1. The third kappa shape index (κ3) is 2.11. The summed E-state index contributed by atoms with van der Waals surface area (Å²) in [5, 5.41) is 1.90. The topological polar surface area (TPSA) is 52.2 Å². The molecule has 5 nitrogen and oxygen atoms in total. The van der Waals surface area contributed by atoms with Gasteiger partial charge in [0.1, 0.15) is 6.04 Å². The SMILES string of the molecule is CC(C(=O)N=c1sccn1C)n1ccnc1. The summed E-state index contributed by atoms with van der Waals surface area (Å²) in [6.07, 6.45) is 6.90. The lowest BCUT2D eigenvalue weighted by Gasteiger charge is -2.07. The Balaban J connectivity index is 2.25. The van der Waals surface area contributed by atoms with Crippen LogP contribution in [0.3, 0.4) is 0 Å². The fourth-order valence-electron chi connectivity index (χ4n) is 1.25. The molecule has 1 unspecified atom stereocenters. The lowest BCUT2D eigenvalue weighted by atomic mass is 10.3. The van der Waals surface area contributed by atoms with Crippen molar-refractivity contribution in [1.82, 2.24) is 14.1 Å². The lowest BCUT2D eigenvalue weighted by molar-refractivity contribution is -0.120. The van der Waals surface area contributed by atoms with Gasteiger partial charge in [0.25, 0.3) is 5.91 Å². The number of hydrogen-bond donors (Lipinski definition) is 0. The highest BCUT2D eigenvalue weighted by molar-refractivity contribution is 7.07. The van der Waals surface area contributed by atoms with E-state index in [4.69, 9.17) is 0 Å². The molecule has 0 aliphatic carbocycles. The normalized spacial score (nSPS) is 14.0. The zero-order chi connectivity index (χ0) is 11.5. The molecule has 2 aromatic heterocycles. The number of rotatable bonds is 2. The van der Waals surface area contributed by atoms with Crippen LogP contribution in [0, 0.1) is 0 Å². The van der Waals surface area contributed by atoms with Gasteiger partial charge in [-0.25, -0.2) is 4.98 Å². The van der Waals surface area contributed by atoms with Crippen LogP contribution in [-0.2, 0) is 11.8 Å². The average Bonchev–Trinajstić information content (AvgIpc) is 2.89. The van der Waals surface area contributed by atoms with Gasteiger partial charge in [0.05, 0.1) is 6.33 Å². The van der Waals surface area contributed by atoms with E-state index in [2.05, 4.69) is 9.98 Å². The zero-order valence-corrected chi connectivity index (χ0v) is 9.89. The summed E-state index contributed by atoms with van der Waals surface area (Å²) in [6, 6.07) is -0.315. The van der Waals surface area contributed by atoms with Crippen molar-refractivity contribution >= 4 is 17.2 Å². The minimum Gasteiger partial charge on any atom is -0.327 e. The van der Waals surface area contributed by atoms with Crippen molar-refractivity contribution in [2.75, 3.05) is 0 Å². The van der Waals surface area contributed by atoms with Gasteiger partial charge in [0.2, 0.25) is 0 Å². The van der Waals surface area contributed by atoms with Crippen molar-refractivity contribution < 1.29 is 4.79 Å². The largest absolute Gasteiger partial charge is 0.327 e. The van der Waals surface area contributed by atoms with Crippen LogP contribution in [0.25, 0.3) is 0 Å². The van der Waals surface area contributed by atoms with Crippen LogP contribution < -0.4 is 4.80 Å². The summed E-state index contributed by atoms with van der Waals surface area (Å²) >= 11 is 1.44. The van der Waals surface area contributed by atoms with Gasteiger partial charge in [-0.1, -0.05) is 0 Å². The molecule has 0 saturated heterocycles. The Kier molecular flexibility index (Phi) is 3.00. The number of hydrogen-bond acceptors (Lipinski definition) is 3. The predicted molar refractivity (Wildman–Crippen MR) is 60.8 cm³/mol. The van der Waals surface area contributed by atoms with Crippen molar-refractivity contribution in [3.8, 4) is 0 Å². The Morgan fingerprint density at radius 2 is 2.38 bits per heavy atom. The van der Waals surface area contributed by atoms with Gasteiger partial charge in [-0.3, -0.25) is 4.79 Å². The molecule has 0 aliphatic heterocycles. The Hall–Kier alpha value is -1.69. The van der Waals surface area contributed by atoms with E-state index in [0.29, 0.717) is 4.80 Å². The van der Waals surface area contributed by atoms with Crippen LogP contribution in [0.2, 0.25) is 0 Å². The molecule has 0 N–H and O–H groups in total. The molecule has 0 bridgehead atoms. The predicted octanol–water partition coefficient (Wildman–Crippen LogP) is 0.972. The van der Waals surface area contributed by atoms with Crippen LogP contribution in [0.15, 0.2) is 35.3 Å². The number of aryl methyl sites for hydroxylation is 1. The molecule has 2 rings (SSSR count). The van der Waals surface area contributed by atoms with Gasteiger partial charge in [-0.05, 0) is 6.92 Å². The molecule has 2 aromatic rings. The number of imidazole rings is 1. The van der Waals surface area contributed by atoms with Crippen LogP contribution >= 0.6 is 11.3 Å². The molecule has 0 saturated carbocycles. The maximum absolute atomic E-state index is 11.8. The fourth-order valence-corrected chi connectivity index (χ4v) is 1.98. The number of nitrogens with zero attached hydrogens (tertiary/aromatic N) is 4. The second-order valence-corrected chi connectivity index (χ2v) is 4.31. The van der Waals surface area contributed by atoms with E-state index in [-0.39, 0.29) is 11.9 Å². The summed E-state index contributed by atoms with van der Waals surface area (Å²) in [7, 11) is 1.87. The summed E-state index contributed by atoms with van der Waals surface area (Å²) in [6.45, 7) is 1.81. The van der Waals surface area contributed by atoms with Gasteiger partial charge in [-0.2, -0.15) is 4.99 Å². The zero-order valence-electron chi connectivity index (χ0n) is 9.07. The maximum Gasteiger partial charge on any atom is 0.271 e. The molecule has 0 aliphatic rings. The van der Waals surface area contributed by atoms with Gasteiger partial charge in [-0.15, -0.1) is 11.3 Å². The summed E-state index contributed by atoms with van der Waals surface area (Å²) in [5.41, 5.74) is 0. The van der Waals surface area contributed by atoms with Crippen LogP contribution in [0.4, 0.5) is 0 Å². The molecule has 84 valence electrons. The van der Waals surface area contributed by atoms with Crippen LogP contribution in [-0.4, -0.2) is 20.0 Å². The fraction of sp³-hybridized carbons (Fsp3) is 0.300. The van der Waals surface area contributed by atoms with Gasteiger partial charge in [0.15, 0.2) is 4.80 Å². The van der Waals surface area contributed by atoms with Crippen molar-refractivity contribution in [3.05, 3.63) is 35.1 Å². The lowest BCUT2D eigenvalue weighted by Crippen LogP contribution is -2.18. The molecule has 1 atom stereocenters. The Labute approximate surface area is 96.7 Å². The first kappa shape index (κ1) is 10.8. The molecular formula is C10H12N4OS. The standard InChI is InChI=1S/C10H12N4OS/c1-8(14-4-3-11-7-14)9(15)12-10-13(2)5-6-16-10/h3-8H,1-2H3. The summed E-state index contributed by atoms with van der Waals surface area (Å²) < 4.78 is 3.56. The Morgan fingerprint density at radius 3 is 2.94 bits per heavy atom. The van der Waals surface area contributed by atoms with Crippen molar-refractivity contribution in [2.45, 2.75) is 13.0 Å². The van der Waals surface area contributed by atoms with E-state index in [9.17, 15) is 4.79 Å². The molecular weight excluding hydrogens is 224 g/mol. The van der Waals surface area contributed by atoms with Crippen molar-refractivity contribution in [3.63, 3.8) is 0 Å². The minimum absolute atomic E-state index is 0.170. The molecule has 16 heavy (non-hydrogen) atoms. The molecule has 1 amide bonds. The molecule has 6 heteroatoms. The number of carbonyl (C=O) groups is 1. The van der Waals surface area contributed by atoms with E-state index in [1.807, 2.05) is 23.2 Å². The summed E-state index contributed by atoms with van der Waals surface area (Å²) in [5.74, 6) is -0.170. The van der Waals surface area contributed by atoms with E-state index in [1.54, 1.807) is 30.2 Å². The first-order valence-corrected chi connectivity index (χ1v) is 5.72. The molecule has 0 radical (unpaired) electrons. The second kappa shape index (κ2) is 4.44. The molecule has 0 aromatic carbocycles. The molecule has 0 fully saturated rings. The van der Waals surface area contributed by atoms with Gasteiger partial charge in [0, 0.05) is 31.0 Å². The second-order valence-electron chi connectivity index (χ2n) is 3.43. The number of carbonyl (C=O) groups excluding carboxylic acids is 1.